The van der Waals surface area contributed by atoms with Gasteiger partial charge in [-0.15, -0.1) is 0 Å². The van der Waals surface area contributed by atoms with Crippen molar-refractivity contribution in [2.75, 3.05) is 6.61 Å². The van der Waals surface area contributed by atoms with Crippen LogP contribution in [0.3, 0.4) is 0 Å². The van der Waals surface area contributed by atoms with E-state index < -0.39 is 24.3 Å². The van der Waals surface area contributed by atoms with Crippen LogP contribution in [0, 0.1) is 18.6 Å². The molecule has 1 atom stereocenters. The van der Waals surface area contributed by atoms with E-state index in [1.807, 2.05) is 0 Å². The predicted molar refractivity (Wildman–Crippen MR) is 45.1 cm³/mol. The molecule has 0 bridgehead atoms. The zero-order chi connectivity index (χ0) is 10.0. The number of benzene rings is 1. The minimum atomic E-state index is -0.866. The summed E-state index contributed by atoms with van der Waals surface area (Å²) in [6.07, 6.45) is 0. The normalized spacial score (nSPS) is 13.0. The van der Waals surface area contributed by atoms with E-state index in [1.165, 1.54) is 6.92 Å². The third-order valence-corrected chi connectivity index (χ3v) is 1.87. The topological polar surface area (TPSA) is 46.2 Å². The number of halogens is 2. The molecule has 0 radical (unpaired) electrons. The summed E-state index contributed by atoms with van der Waals surface area (Å²) < 4.78 is 26.1. The Bertz CT molecular complexity index is 315. The highest BCUT2D eigenvalue weighted by atomic mass is 19.1. The molecule has 2 nitrogen and oxygen atoms in total. The average molecular weight is 187 g/mol. The van der Waals surface area contributed by atoms with Gasteiger partial charge in [0.2, 0.25) is 0 Å². The van der Waals surface area contributed by atoms with Gasteiger partial charge in [0.15, 0.2) is 0 Å². The SMILES string of the molecule is Cc1cc(F)c([C@H](N)CO)cc1F. The third-order valence-electron chi connectivity index (χ3n) is 1.87. The van der Waals surface area contributed by atoms with Gasteiger partial charge in [0.1, 0.15) is 11.6 Å². The van der Waals surface area contributed by atoms with Gasteiger partial charge in [-0.3, -0.25) is 0 Å². The molecule has 0 aliphatic heterocycles. The molecule has 0 spiro atoms. The highest BCUT2D eigenvalue weighted by molar-refractivity contribution is 5.27. The molecule has 3 N–H and O–H groups in total. The van der Waals surface area contributed by atoms with Crippen molar-refractivity contribution in [3.63, 3.8) is 0 Å². The van der Waals surface area contributed by atoms with Crippen LogP contribution < -0.4 is 5.73 Å². The monoisotopic (exact) mass is 187 g/mol. The van der Waals surface area contributed by atoms with Crippen LogP contribution in [-0.2, 0) is 0 Å². The van der Waals surface area contributed by atoms with Crippen molar-refractivity contribution in [2.45, 2.75) is 13.0 Å². The lowest BCUT2D eigenvalue weighted by Crippen LogP contribution is -2.16. The van der Waals surface area contributed by atoms with Crippen molar-refractivity contribution >= 4 is 0 Å². The molecular weight excluding hydrogens is 176 g/mol. The second-order valence-corrected chi connectivity index (χ2v) is 2.91. The largest absolute Gasteiger partial charge is 0.394 e. The molecule has 0 amide bonds. The fourth-order valence-electron chi connectivity index (χ4n) is 1.04. The average Bonchev–Trinajstić information content (AvgIpc) is 2.10. The van der Waals surface area contributed by atoms with Gasteiger partial charge in [-0.05, 0) is 24.6 Å². The Morgan fingerprint density at radius 3 is 2.54 bits per heavy atom. The van der Waals surface area contributed by atoms with Gasteiger partial charge in [0.25, 0.3) is 0 Å². The number of nitrogens with two attached hydrogens (primary N) is 1. The number of hydrogen-bond donors (Lipinski definition) is 2. The fourth-order valence-corrected chi connectivity index (χ4v) is 1.04. The van der Waals surface area contributed by atoms with E-state index in [2.05, 4.69) is 0 Å². The molecular formula is C9H11F2NO. The molecule has 0 saturated carbocycles. The quantitative estimate of drug-likeness (QED) is 0.732. The highest BCUT2D eigenvalue weighted by Crippen LogP contribution is 2.18. The lowest BCUT2D eigenvalue weighted by Gasteiger charge is -2.10. The first-order valence-electron chi connectivity index (χ1n) is 3.88. The first-order chi connectivity index (χ1) is 6.06. The summed E-state index contributed by atoms with van der Waals surface area (Å²) in [5, 5.41) is 8.66. The van der Waals surface area contributed by atoms with Crippen LogP contribution in [0.4, 0.5) is 8.78 Å². The summed E-state index contributed by atoms with van der Waals surface area (Å²) in [4.78, 5) is 0. The third kappa shape index (κ3) is 2.02. The van der Waals surface area contributed by atoms with Crippen molar-refractivity contribution in [3.05, 3.63) is 34.9 Å². The zero-order valence-electron chi connectivity index (χ0n) is 7.22. The number of rotatable bonds is 2. The summed E-state index contributed by atoms with van der Waals surface area (Å²) >= 11 is 0. The molecule has 1 aromatic carbocycles. The van der Waals surface area contributed by atoms with E-state index in [4.69, 9.17) is 10.8 Å². The van der Waals surface area contributed by atoms with E-state index in [0.717, 1.165) is 12.1 Å². The van der Waals surface area contributed by atoms with Crippen LogP contribution in [0.25, 0.3) is 0 Å². The molecule has 0 unspecified atom stereocenters. The second kappa shape index (κ2) is 3.81. The van der Waals surface area contributed by atoms with Crippen molar-refractivity contribution in [1.82, 2.24) is 0 Å². The van der Waals surface area contributed by atoms with Crippen molar-refractivity contribution in [1.29, 1.82) is 0 Å². The van der Waals surface area contributed by atoms with E-state index in [0.29, 0.717) is 0 Å². The number of aryl methyl sites for hydroxylation is 1. The summed E-state index contributed by atoms with van der Waals surface area (Å²) in [7, 11) is 0. The molecule has 1 aromatic rings. The molecule has 4 heteroatoms. The first kappa shape index (κ1) is 10.1. The lowest BCUT2D eigenvalue weighted by molar-refractivity contribution is 0.265. The summed E-state index contributed by atoms with van der Waals surface area (Å²) in [5.74, 6) is -1.10. The van der Waals surface area contributed by atoms with Crippen LogP contribution in [0.1, 0.15) is 17.2 Å². The Morgan fingerprint density at radius 2 is 2.00 bits per heavy atom. The van der Waals surface area contributed by atoms with Gasteiger partial charge >= 0.3 is 0 Å². The van der Waals surface area contributed by atoms with Crippen LogP contribution in [0.15, 0.2) is 12.1 Å². The van der Waals surface area contributed by atoms with E-state index in [9.17, 15) is 8.78 Å². The minimum Gasteiger partial charge on any atom is -0.394 e. The van der Waals surface area contributed by atoms with E-state index >= 15 is 0 Å². The van der Waals surface area contributed by atoms with Gasteiger partial charge < -0.3 is 10.8 Å². The maximum atomic E-state index is 13.1. The van der Waals surface area contributed by atoms with Crippen LogP contribution in [0.2, 0.25) is 0 Å². The molecule has 1 rings (SSSR count). The predicted octanol–water partition coefficient (Wildman–Crippen LogP) is 1.27. The Labute approximate surface area is 75.0 Å². The highest BCUT2D eigenvalue weighted by Gasteiger charge is 2.12. The van der Waals surface area contributed by atoms with Crippen LogP contribution in [0.5, 0.6) is 0 Å². The Balaban J connectivity index is 3.15. The first-order valence-corrected chi connectivity index (χ1v) is 3.88. The molecule has 13 heavy (non-hydrogen) atoms. The molecule has 72 valence electrons. The smallest absolute Gasteiger partial charge is 0.128 e. The lowest BCUT2D eigenvalue weighted by atomic mass is 10.1. The van der Waals surface area contributed by atoms with E-state index in [-0.39, 0.29) is 11.1 Å². The molecule has 0 heterocycles. The summed E-state index contributed by atoms with van der Waals surface area (Å²) in [6, 6.07) is 1.22. The zero-order valence-corrected chi connectivity index (χ0v) is 7.22. The van der Waals surface area contributed by atoms with Crippen molar-refractivity contribution in [2.24, 2.45) is 5.73 Å². The summed E-state index contributed by atoms with van der Waals surface area (Å²) in [5.41, 5.74) is 5.59. The van der Waals surface area contributed by atoms with E-state index in [1.54, 1.807) is 0 Å². The van der Waals surface area contributed by atoms with Crippen molar-refractivity contribution in [3.8, 4) is 0 Å². The number of hydrogen-bond acceptors (Lipinski definition) is 2. The standard InChI is InChI=1S/C9H11F2NO/c1-5-2-8(11)6(3-7(5)10)9(12)4-13/h2-3,9,13H,4,12H2,1H3/t9-/m1/s1. The molecule has 0 aliphatic rings. The Morgan fingerprint density at radius 1 is 1.38 bits per heavy atom. The van der Waals surface area contributed by atoms with Gasteiger partial charge in [-0.2, -0.15) is 0 Å². The molecule has 0 aromatic heterocycles. The Kier molecular flexibility index (Phi) is 2.95. The maximum Gasteiger partial charge on any atom is 0.128 e. The number of aliphatic hydroxyl groups is 1. The van der Waals surface area contributed by atoms with Crippen LogP contribution in [-0.4, -0.2) is 11.7 Å². The fraction of sp³-hybridized carbons (Fsp3) is 0.333. The second-order valence-electron chi connectivity index (χ2n) is 2.91. The minimum absolute atomic E-state index is 0.00519. The maximum absolute atomic E-state index is 13.1. The van der Waals surface area contributed by atoms with Crippen LogP contribution >= 0.6 is 0 Å². The molecule has 0 saturated heterocycles. The molecule has 0 aliphatic carbocycles. The number of aliphatic hydroxyl groups excluding tert-OH is 1. The molecule has 0 fully saturated rings. The van der Waals surface area contributed by atoms with Gasteiger partial charge in [0.05, 0.1) is 12.6 Å². The van der Waals surface area contributed by atoms with Gasteiger partial charge in [-0.1, -0.05) is 0 Å². The Hall–Kier alpha value is -1.00. The van der Waals surface area contributed by atoms with Crippen molar-refractivity contribution < 1.29 is 13.9 Å². The van der Waals surface area contributed by atoms with Gasteiger partial charge in [-0.25, -0.2) is 8.78 Å². The summed E-state index contributed by atoms with van der Waals surface area (Å²) in [6.45, 7) is 1.06. The van der Waals surface area contributed by atoms with Gasteiger partial charge in [0, 0.05) is 5.56 Å².